The summed E-state index contributed by atoms with van der Waals surface area (Å²) in [6, 6.07) is 27.6. The number of nitrogens with zero attached hydrogens (tertiary/aromatic N) is 3. The van der Waals surface area contributed by atoms with E-state index in [0.717, 1.165) is 39.2 Å². The Hall–Kier alpha value is -4.12. The Kier molecular flexibility index (Phi) is 4.18. The summed E-state index contributed by atoms with van der Waals surface area (Å²) in [6.07, 6.45) is 3.61. The summed E-state index contributed by atoms with van der Waals surface area (Å²) >= 11 is 0. The fraction of sp³-hybridized carbons (Fsp3) is 0. The number of ether oxygens (including phenoxy) is 1. The first-order valence-electron chi connectivity index (χ1n) is 9.30. The molecule has 0 fully saturated rings. The first-order valence-corrected chi connectivity index (χ1v) is 9.30. The Labute approximate surface area is 168 Å². The number of hydrogen-bond donors (Lipinski definition) is 1. The number of nitrogen functional groups attached to an aromatic ring is 1. The minimum absolute atomic E-state index is 0.454. The number of rotatable bonds is 4. The van der Waals surface area contributed by atoms with Crippen LogP contribution in [-0.2, 0) is 0 Å². The van der Waals surface area contributed by atoms with Crippen LogP contribution in [0.25, 0.3) is 27.7 Å². The fourth-order valence-corrected chi connectivity index (χ4v) is 3.38. The molecule has 0 aliphatic heterocycles. The van der Waals surface area contributed by atoms with Crippen molar-refractivity contribution >= 4 is 16.7 Å². The van der Waals surface area contributed by atoms with Gasteiger partial charge in [-0.05, 0) is 42.0 Å². The molecule has 0 saturated heterocycles. The van der Waals surface area contributed by atoms with Gasteiger partial charge in [-0.15, -0.1) is 5.10 Å². The predicted molar refractivity (Wildman–Crippen MR) is 115 cm³/mol. The van der Waals surface area contributed by atoms with E-state index in [2.05, 4.69) is 22.2 Å². The van der Waals surface area contributed by atoms with Crippen LogP contribution in [0.15, 0.2) is 97.3 Å². The Morgan fingerprint density at radius 2 is 1.38 bits per heavy atom. The zero-order valence-electron chi connectivity index (χ0n) is 15.6. The molecule has 2 aromatic heterocycles. The summed E-state index contributed by atoms with van der Waals surface area (Å²) in [5.41, 5.74) is 10.1. The van der Waals surface area contributed by atoms with Gasteiger partial charge in [0.15, 0.2) is 5.82 Å². The Balaban J connectivity index is 1.58. The van der Waals surface area contributed by atoms with Crippen LogP contribution in [-0.4, -0.2) is 14.8 Å². The summed E-state index contributed by atoms with van der Waals surface area (Å²) in [5.74, 6) is 2.01. The maximum atomic E-state index is 6.20. The first kappa shape index (κ1) is 17.0. The second-order valence-electron chi connectivity index (χ2n) is 6.66. The van der Waals surface area contributed by atoms with Crippen molar-refractivity contribution in [3.63, 3.8) is 0 Å². The summed E-state index contributed by atoms with van der Waals surface area (Å²) in [5, 5.41) is 5.40. The van der Waals surface area contributed by atoms with Crippen molar-refractivity contribution in [1.29, 1.82) is 0 Å². The first-order chi connectivity index (χ1) is 14.3. The van der Waals surface area contributed by atoms with Gasteiger partial charge in [-0.2, -0.15) is 0 Å². The molecule has 0 atom stereocenters. The number of para-hydroxylation sites is 1. The maximum Gasteiger partial charge on any atom is 0.155 e. The van der Waals surface area contributed by atoms with Gasteiger partial charge in [0.05, 0.1) is 16.6 Å². The van der Waals surface area contributed by atoms with E-state index in [4.69, 9.17) is 10.5 Å². The van der Waals surface area contributed by atoms with E-state index >= 15 is 0 Å². The lowest BCUT2D eigenvalue weighted by Crippen LogP contribution is -1.98. The molecule has 0 spiro atoms. The molecule has 0 amide bonds. The largest absolute Gasteiger partial charge is 0.457 e. The van der Waals surface area contributed by atoms with E-state index in [1.807, 2.05) is 83.7 Å². The van der Waals surface area contributed by atoms with E-state index in [-0.39, 0.29) is 0 Å². The molecule has 0 bridgehead atoms. The molecule has 5 heteroatoms. The van der Waals surface area contributed by atoms with Crippen molar-refractivity contribution in [3.8, 4) is 28.3 Å². The van der Waals surface area contributed by atoms with Crippen molar-refractivity contribution in [2.45, 2.75) is 0 Å². The summed E-state index contributed by atoms with van der Waals surface area (Å²) in [7, 11) is 0. The molecule has 0 unspecified atom stereocenters. The zero-order valence-corrected chi connectivity index (χ0v) is 15.6. The molecular weight excluding hydrogens is 360 g/mol. The molecule has 2 heterocycles. The Bertz CT molecular complexity index is 1260. The van der Waals surface area contributed by atoms with Crippen LogP contribution < -0.4 is 10.5 Å². The van der Waals surface area contributed by atoms with E-state index < -0.39 is 0 Å². The lowest BCUT2D eigenvalue weighted by molar-refractivity contribution is 0.482. The second kappa shape index (κ2) is 7.13. The molecule has 5 aromatic rings. The van der Waals surface area contributed by atoms with Crippen LogP contribution >= 0.6 is 0 Å². The number of hydrogen-bond acceptors (Lipinski definition) is 4. The van der Waals surface area contributed by atoms with Crippen molar-refractivity contribution in [3.05, 3.63) is 97.3 Å². The molecular formula is C24H18N4O. The van der Waals surface area contributed by atoms with E-state index in [9.17, 15) is 0 Å². The molecule has 140 valence electrons. The molecule has 29 heavy (non-hydrogen) atoms. The van der Waals surface area contributed by atoms with Gasteiger partial charge in [0.1, 0.15) is 11.5 Å². The average molecular weight is 378 g/mol. The van der Waals surface area contributed by atoms with Gasteiger partial charge >= 0.3 is 0 Å². The van der Waals surface area contributed by atoms with Gasteiger partial charge in [0, 0.05) is 18.0 Å². The highest BCUT2D eigenvalue weighted by molar-refractivity contribution is 5.99. The van der Waals surface area contributed by atoms with Crippen LogP contribution in [0.3, 0.4) is 0 Å². The molecule has 0 radical (unpaired) electrons. The zero-order chi connectivity index (χ0) is 19.6. The van der Waals surface area contributed by atoms with Crippen molar-refractivity contribution < 1.29 is 4.74 Å². The van der Waals surface area contributed by atoms with E-state index in [1.54, 1.807) is 6.20 Å². The highest BCUT2D eigenvalue weighted by Crippen LogP contribution is 2.33. The SMILES string of the molecule is Nc1nn(-c2ccc(Oc3ccccc3)cc2)c2c(-c3ccccc3)cncc12. The van der Waals surface area contributed by atoms with Crippen LogP contribution in [0.2, 0.25) is 0 Å². The molecule has 5 nitrogen and oxygen atoms in total. The standard InChI is InChI=1S/C24H18N4O/c25-24-22-16-26-15-21(17-7-3-1-4-8-17)23(22)28(27-24)18-11-13-20(14-12-18)29-19-9-5-2-6-10-19/h1-16H,(H2,25,27). The van der Waals surface area contributed by atoms with Gasteiger partial charge in [0.2, 0.25) is 0 Å². The van der Waals surface area contributed by atoms with Crippen molar-refractivity contribution in [1.82, 2.24) is 14.8 Å². The van der Waals surface area contributed by atoms with Crippen molar-refractivity contribution in [2.75, 3.05) is 5.73 Å². The normalized spacial score (nSPS) is 10.9. The predicted octanol–water partition coefficient (Wildman–Crippen LogP) is 5.46. The lowest BCUT2D eigenvalue weighted by atomic mass is 10.1. The maximum absolute atomic E-state index is 6.20. The topological polar surface area (TPSA) is 66.0 Å². The Morgan fingerprint density at radius 3 is 2.10 bits per heavy atom. The summed E-state index contributed by atoms with van der Waals surface area (Å²) in [6.45, 7) is 0. The third kappa shape index (κ3) is 3.19. The fourth-order valence-electron chi connectivity index (χ4n) is 3.38. The number of benzene rings is 3. The monoisotopic (exact) mass is 378 g/mol. The molecule has 5 rings (SSSR count). The molecule has 0 aliphatic carbocycles. The average Bonchev–Trinajstić information content (AvgIpc) is 3.12. The van der Waals surface area contributed by atoms with Gasteiger partial charge < -0.3 is 10.5 Å². The van der Waals surface area contributed by atoms with Gasteiger partial charge in [0.25, 0.3) is 0 Å². The Morgan fingerprint density at radius 1 is 0.724 bits per heavy atom. The van der Waals surface area contributed by atoms with E-state index in [0.29, 0.717) is 5.82 Å². The van der Waals surface area contributed by atoms with Crippen LogP contribution in [0, 0.1) is 0 Å². The van der Waals surface area contributed by atoms with Gasteiger partial charge in [-0.1, -0.05) is 48.5 Å². The summed E-state index contributed by atoms with van der Waals surface area (Å²) < 4.78 is 7.75. The summed E-state index contributed by atoms with van der Waals surface area (Å²) in [4.78, 5) is 4.36. The van der Waals surface area contributed by atoms with Crippen LogP contribution in [0.5, 0.6) is 11.5 Å². The number of anilines is 1. The molecule has 0 aliphatic rings. The second-order valence-corrected chi connectivity index (χ2v) is 6.66. The van der Waals surface area contributed by atoms with E-state index in [1.165, 1.54) is 0 Å². The number of fused-ring (bicyclic) bond motifs is 1. The van der Waals surface area contributed by atoms with Crippen molar-refractivity contribution in [2.24, 2.45) is 0 Å². The van der Waals surface area contributed by atoms with Crippen LogP contribution in [0.1, 0.15) is 0 Å². The lowest BCUT2D eigenvalue weighted by Gasteiger charge is -2.10. The highest BCUT2D eigenvalue weighted by atomic mass is 16.5. The molecule has 3 aromatic carbocycles. The minimum atomic E-state index is 0.454. The minimum Gasteiger partial charge on any atom is -0.457 e. The third-order valence-corrected chi connectivity index (χ3v) is 4.76. The number of pyridine rings is 1. The van der Waals surface area contributed by atoms with Gasteiger partial charge in [-0.25, -0.2) is 4.68 Å². The van der Waals surface area contributed by atoms with Crippen LogP contribution in [0.4, 0.5) is 5.82 Å². The quantitative estimate of drug-likeness (QED) is 0.451. The number of nitrogens with two attached hydrogens (primary N) is 1. The van der Waals surface area contributed by atoms with Gasteiger partial charge in [-0.3, -0.25) is 4.98 Å². The molecule has 2 N–H and O–H groups in total. The smallest absolute Gasteiger partial charge is 0.155 e. The third-order valence-electron chi connectivity index (χ3n) is 4.76. The number of aromatic nitrogens is 3. The highest BCUT2D eigenvalue weighted by Gasteiger charge is 2.15. The molecule has 0 saturated carbocycles.